The van der Waals surface area contributed by atoms with E-state index < -0.39 is 0 Å². The molecule has 1 aromatic heterocycles. The number of pyridine rings is 1. The molecular formula is C28H44N+. The van der Waals surface area contributed by atoms with E-state index in [0.29, 0.717) is 0 Å². The van der Waals surface area contributed by atoms with Gasteiger partial charge in [-0.25, -0.2) is 0 Å². The van der Waals surface area contributed by atoms with Gasteiger partial charge in [-0.05, 0) is 30.9 Å². The summed E-state index contributed by atoms with van der Waals surface area (Å²) in [6.45, 7) is 8.85. The zero-order valence-electron chi connectivity index (χ0n) is 19.6. The topological polar surface area (TPSA) is 3.88 Å². The zero-order valence-corrected chi connectivity index (χ0v) is 19.6. The minimum atomic E-state index is 1.22. The number of unbranched alkanes of at least 4 members (excludes halogenated alkanes) is 11. The number of nitrogens with zero attached hydrogens (tertiary/aromatic N) is 1. The minimum Gasteiger partial charge on any atom is -0.162 e. The van der Waals surface area contributed by atoms with Gasteiger partial charge in [0, 0.05) is 38.1 Å². The first-order valence-electron chi connectivity index (χ1n) is 12.2. The first-order chi connectivity index (χ1) is 14.1. The maximum absolute atomic E-state index is 2.35. The summed E-state index contributed by atoms with van der Waals surface area (Å²) in [7, 11) is 0. The fourth-order valence-corrected chi connectivity index (χ4v) is 4.50. The molecule has 1 heteroatoms. The smallest absolute Gasteiger partial charge is 0.162 e. The van der Waals surface area contributed by atoms with Crippen LogP contribution >= 0.6 is 0 Å². The van der Waals surface area contributed by atoms with Crippen LogP contribution in [0.25, 0.3) is 5.69 Å². The SMILES string of the molecule is CCCCCCCCCCCCCCc1ccc(-[n+]2c(C)cc(C)cc2C)cc1. The van der Waals surface area contributed by atoms with Crippen molar-refractivity contribution in [2.75, 3.05) is 0 Å². The summed E-state index contributed by atoms with van der Waals surface area (Å²) in [5, 5.41) is 0. The average Bonchev–Trinajstić information content (AvgIpc) is 2.69. The van der Waals surface area contributed by atoms with Crippen molar-refractivity contribution in [3.8, 4) is 5.69 Å². The molecular weight excluding hydrogens is 350 g/mol. The number of hydrogen-bond acceptors (Lipinski definition) is 0. The Bertz CT molecular complexity index is 676. The standard InChI is InChI=1S/C28H44N/c1-5-6-7-8-9-10-11-12-13-14-15-16-17-27-18-20-28(21-19-27)29-25(3)22-24(2)23-26(29)4/h18-23H,5-17H2,1-4H3/q+1. The Balaban J connectivity index is 1.60. The fraction of sp³-hybridized carbons (Fsp3) is 0.607. The van der Waals surface area contributed by atoms with Crippen molar-refractivity contribution in [3.05, 3.63) is 58.9 Å². The van der Waals surface area contributed by atoms with Crippen LogP contribution < -0.4 is 4.57 Å². The van der Waals surface area contributed by atoms with Gasteiger partial charge in [0.2, 0.25) is 5.69 Å². The highest BCUT2D eigenvalue weighted by Crippen LogP contribution is 2.14. The molecule has 0 saturated carbocycles. The molecule has 1 aromatic carbocycles. The Morgan fingerprint density at radius 1 is 0.586 bits per heavy atom. The van der Waals surface area contributed by atoms with Gasteiger partial charge in [-0.2, -0.15) is 4.57 Å². The summed E-state index contributed by atoms with van der Waals surface area (Å²) < 4.78 is 2.35. The van der Waals surface area contributed by atoms with Crippen LogP contribution in [0, 0.1) is 20.8 Å². The second kappa shape index (κ2) is 13.6. The number of benzene rings is 1. The molecule has 0 atom stereocenters. The molecule has 0 amide bonds. The third-order valence-corrected chi connectivity index (χ3v) is 6.09. The van der Waals surface area contributed by atoms with Gasteiger partial charge in [-0.1, -0.05) is 89.7 Å². The molecule has 0 N–H and O–H groups in total. The number of aryl methyl sites for hydroxylation is 4. The summed E-state index contributed by atoms with van der Waals surface area (Å²) >= 11 is 0. The third-order valence-electron chi connectivity index (χ3n) is 6.09. The monoisotopic (exact) mass is 394 g/mol. The van der Waals surface area contributed by atoms with E-state index in [-0.39, 0.29) is 0 Å². The van der Waals surface area contributed by atoms with Crippen molar-refractivity contribution in [2.45, 2.75) is 111 Å². The van der Waals surface area contributed by atoms with Crippen molar-refractivity contribution >= 4 is 0 Å². The highest BCUT2D eigenvalue weighted by molar-refractivity contribution is 5.29. The van der Waals surface area contributed by atoms with Crippen molar-refractivity contribution in [1.82, 2.24) is 0 Å². The molecule has 2 rings (SSSR count). The molecule has 160 valence electrons. The molecule has 0 saturated heterocycles. The van der Waals surface area contributed by atoms with Gasteiger partial charge in [0.1, 0.15) is 0 Å². The summed E-state index contributed by atoms with van der Waals surface area (Å²) in [6.07, 6.45) is 18.2. The Morgan fingerprint density at radius 3 is 1.52 bits per heavy atom. The van der Waals surface area contributed by atoms with Gasteiger partial charge < -0.3 is 0 Å². The molecule has 1 nitrogen and oxygen atoms in total. The molecule has 0 spiro atoms. The van der Waals surface area contributed by atoms with Crippen molar-refractivity contribution in [3.63, 3.8) is 0 Å². The maximum atomic E-state index is 2.35. The van der Waals surface area contributed by atoms with Gasteiger partial charge in [-0.3, -0.25) is 0 Å². The quantitative estimate of drug-likeness (QED) is 0.225. The van der Waals surface area contributed by atoms with Gasteiger partial charge in [0.25, 0.3) is 0 Å². The van der Waals surface area contributed by atoms with Crippen molar-refractivity contribution < 1.29 is 4.57 Å². The second-order valence-corrected chi connectivity index (χ2v) is 8.96. The van der Waals surface area contributed by atoms with E-state index in [2.05, 4.69) is 68.7 Å². The van der Waals surface area contributed by atoms with E-state index in [1.807, 2.05) is 0 Å². The van der Waals surface area contributed by atoms with E-state index in [0.717, 1.165) is 0 Å². The van der Waals surface area contributed by atoms with Gasteiger partial charge in [0.05, 0.1) is 0 Å². The molecule has 0 radical (unpaired) electrons. The zero-order chi connectivity index (χ0) is 20.9. The second-order valence-electron chi connectivity index (χ2n) is 8.96. The van der Waals surface area contributed by atoms with Gasteiger partial charge in [0.15, 0.2) is 11.4 Å². The molecule has 0 fully saturated rings. The molecule has 1 heterocycles. The Morgan fingerprint density at radius 2 is 1.03 bits per heavy atom. The first kappa shape index (κ1) is 23.6. The number of rotatable bonds is 14. The first-order valence-corrected chi connectivity index (χ1v) is 12.2. The Kier molecular flexibility index (Phi) is 11.1. The normalized spacial score (nSPS) is 11.2. The van der Waals surface area contributed by atoms with E-state index in [9.17, 15) is 0 Å². The summed E-state index contributed by atoms with van der Waals surface area (Å²) in [5.74, 6) is 0. The largest absolute Gasteiger partial charge is 0.211 e. The summed E-state index contributed by atoms with van der Waals surface area (Å²) in [6, 6.07) is 13.7. The lowest BCUT2D eigenvalue weighted by Crippen LogP contribution is -2.37. The molecule has 0 aliphatic rings. The highest BCUT2D eigenvalue weighted by atomic mass is 15.0. The Hall–Kier alpha value is -1.63. The molecule has 2 aromatic rings. The highest BCUT2D eigenvalue weighted by Gasteiger charge is 2.14. The van der Waals surface area contributed by atoms with E-state index >= 15 is 0 Å². The predicted octanol–water partition coefficient (Wildman–Crippen LogP) is 8.13. The van der Waals surface area contributed by atoms with Crippen molar-refractivity contribution in [2.24, 2.45) is 0 Å². The van der Waals surface area contributed by atoms with Crippen LogP contribution in [0.3, 0.4) is 0 Å². The lowest BCUT2D eigenvalue weighted by atomic mass is 10.0. The van der Waals surface area contributed by atoms with Crippen LogP contribution in [-0.2, 0) is 6.42 Å². The van der Waals surface area contributed by atoms with E-state index in [1.165, 1.54) is 112 Å². The molecule has 0 aliphatic heterocycles. The maximum Gasteiger partial charge on any atom is 0.211 e. The molecule has 0 aliphatic carbocycles. The summed E-state index contributed by atoms with van der Waals surface area (Å²) in [4.78, 5) is 0. The lowest BCUT2D eigenvalue weighted by molar-refractivity contribution is -0.609. The van der Waals surface area contributed by atoms with E-state index in [1.54, 1.807) is 0 Å². The van der Waals surface area contributed by atoms with Crippen LogP contribution in [0.15, 0.2) is 36.4 Å². The van der Waals surface area contributed by atoms with Crippen LogP contribution in [-0.4, -0.2) is 0 Å². The summed E-state index contributed by atoms with van der Waals surface area (Å²) in [5.41, 5.74) is 6.69. The van der Waals surface area contributed by atoms with Crippen LogP contribution in [0.4, 0.5) is 0 Å². The van der Waals surface area contributed by atoms with E-state index in [4.69, 9.17) is 0 Å². The lowest BCUT2D eigenvalue weighted by Gasteiger charge is -2.06. The molecule has 29 heavy (non-hydrogen) atoms. The number of aromatic nitrogens is 1. The third kappa shape index (κ3) is 8.72. The van der Waals surface area contributed by atoms with Crippen LogP contribution in [0.1, 0.15) is 106 Å². The number of hydrogen-bond donors (Lipinski definition) is 0. The average molecular weight is 395 g/mol. The van der Waals surface area contributed by atoms with Gasteiger partial charge in [-0.15, -0.1) is 0 Å². The van der Waals surface area contributed by atoms with Gasteiger partial charge >= 0.3 is 0 Å². The predicted molar refractivity (Wildman–Crippen MR) is 127 cm³/mol. The van der Waals surface area contributed by atoms with Crippen LogP contribution in [0.2, 0.25) is 0 Å². The van der Waals surface area contributed by atoms with Crippen LogP contribution in [0.5, 0.6) is 0 Å². The fourth-order valence-electron chi connectivity index (χ4n) is 4.50. The Labute approximate surface area is 180 Å². The van der Waals surface area contributed by atoms with Crippen molar-refractivity contribution in [1.29, 1.82) is 0 Å². The minimum absolute atomic E-state index is 1.22. The molecule has 0 bridgehead atoms. The molecule has 0 unspecified atom stereocenters.